The van der Waals surface area contributed by atoms with Gasteiger partial charge < -0.3 is 14.1 Å². The highest BCUT2D eigenvalue weighted by Gasteiger charge is 2.16. The van der Waals surface area contributed by atoms with E-state index in [-0.39, 0.29) is 5.43 Å². The Balaban J connectivity index is 2.15. The molecule has 1 aliphatic heterocycles. The van der Waals surface area contributed by atoms with Crippen molar-refractivity contribution in [3.8, 4) is 29.5 Å². The molecule has 1 heterocycles. The number of benzene rings is 2. The zero-order chi connectivity index (χ0) is 16.4. The topological polar surface area (TPSA) is 55.6 Å². The number of ether oxygens (including phenoxy) is 1. The van der Waals surface area contributed by atoms with Crippen LogP contribution in [0.3, 0.4) is 0 Å². The minimum atomic E-state index is -0.193. The fourth-order valence-corrected chi connectivity index (χ4v) is 2.27. The highest BCUT2D eigenvalue weighted by atomic mass is 16.5. The first-order chi connectivity index (χ1) is 11.1. The Kier molecular flexibility index (Phi) is 3.90. The van der Waals surface area contributed by atoms with E-state index in [4.69, 9.17) is 15.6 Å². The first kappa shape index (κ1) is 14.9. The Morgan fingerprint density at radius 3 is 2.87 bits per heavy atom. The molecular formula is C18H16N2O3. The summed E-state index contributed by atoms with van der Waals surface area (Å²) in [6, 6.07) is 8.54. The van der Waals surface area contributed by atoms with Crippen molar-refractivity contribution < 1.29 is 9.15 Å². The van der Waals surface area contributed by atoms with Crippen LogP contribution in [0.2, 0.25) is 0 Å². The molecule has 23 heavy (non-hydrogen) atoms. The molecule has 5 nitrogen and oxygen atoms in total. The molecule has 0 N–H and O–H groups in total. The molecule has 5 heteroatoms. The first-order valence-corrected chi connectivity index (χ1v) is 7.21. The molecule has 0 aromatic heterocycles. The maximum absolute atomic E-state index is 11.8. The summed E-state index contributed by atoms with van der Waals surface area (Å²) in [5.74, 6) is 3.29. The largest absolute Gasteiger partial charge is 0.490 e. The molecule has 0 unspecified atom stereocenters. The van der Waals surface area contributed by atoms with Gasteiger partial charge in [-0.3, -0.25) is 4.79 Å². The molecule has 0 radical (unpaired) electrons. The molecule has 0 fully saturated rings. The summed E-state index contributed by atoms with van der Waals surface area (Å²) in [7, 11) is 3.89. The smallest absolute Gasteiger partial charge is 0.186 e. The van der Waals surface area contributed by atoms with Crippen molar-refractivity contribution in [1.29, 1.82) is 0 Å². The Labute approximate surface area is 133 Å². The maximum Gasteiger partial charge on any atom is 0.186 e. The van der Waals surface area contributed by atoms with E-state index in [1.54, 1.807) is 0 Å². The lowest BCUT2D eigenvalue weighted by Gasteiger charge is -2.14. The molecule has 1 aliphatic carbocycles. The summed E-state index contributed by atoms with van der Waals surface area (Å²) in [6.07, 6.45) is 5.68. The molecule has 116 valence electrons. The fraction of sp³-hybridized carbons (Fsp3) is 0.222. The van der Waals surface area contributed by atoms with Crippen molar-refractivity contribution in [3.63, 3.8) is 0 Å². The minimum Gasteiger partial charge on any atom is -0.490 e. The Morgan fingerprint density at radius 1 is 1.30 bits per heavy atom. The summed E-state index contributed by atoms with van der Waals surface area (Å²) in [4.78, 5) is 18.4. The van der Waals surface area contributed by atoms with Crippen molar-refractivity contribution in [2.75, 3.05) is 25.6 Å². The van der Waals surface area contributed by atoms with E-state index in [9.17, 15) is 4.79 Å². The van der Waals surface area contributed by atoms with E-state index in [1.807, 2.05) is 37.2 Å². The third-order valence-corrected chi connectivity index (χ3v) is 3.43. The number of fused-ring (bicyclic) bond motifs is 2. The predicted octanol–water partition coefficient (Wildman–Crippen LogP) is 2.76. The predicted molar refractivity (Wildman–Crippen MR) is 90.2 cm³/mol. The number of nitrogens with zero attached hydrogens (tertiary/aromatic N) is 2. The van der Waals surface area contributed by atoms with Crippen molar-refractivity contribution in [2.45, 2.75) is 6.42 Å². The van der Waals surface area contributed by atoms with Gasteiger partial charge in [-0.25, -0.2) is 4.98 Å². The quantitative estimate of drug-likeness (QED) is 0.421. The van der Waals surface area contributed by atoms with Crippen LogP contribution in [0.1, 0.15) is 6.42 Å². The number of hydrogen-bond donors (Lipinski definition) is 0. The van der Waals surface area contributed by atoms with Crippen molar-refractivity contribution >= 4 is 16.8 Å². The van der Waals surface area contributed by atoms with Gasteiger partial charge in [0.15, 0.2) is 22.5 Å². The third-order valence-electron chi connectivity index (χ3n) is 3.43. The van der Waals surface area contributed by atoms with E-state index >= 15 is 0 Å². The van der Waals surface area contributed by atoms with Crippen LogP contribution in [0, 0.1) is 12.3 Å². The molecule has 0 atom stereocenters. The van der Waals surface area contributed by atoms with Gasteiger partial charge in [-0.1, -0.05) is 0 Å². The highest BCUT2D eigenvalue weighted by molar-refractivity contribution is 5.81. The molecule has 0 saturated carbocycles. The van der Waals surface area contributed by atoms with Crippen LogP contribution in [-0.4, -0.2) is 25.7 Å². The Hall–Kier alpha value is -3.00. The first-order valence-electron chi connectivity index (χ1n) is 7.21. The van der Waals surface area contributed by atoms with Crippen LogP contribution in [0.5, 0.6) is 5.75 Å². The zero-order valence-corrected chi connectivity index (χ0v) is 13.0. The molecule has 0 bridgehead atoms. The van der Waals surface area contributed by atoms with Gasteiger partial charge >= 0.3 is 0 Å². The second-order valence-electron chi connectivity index (χ2n) is 5.33. The zero-order valence-electron chi connectivity index (χ0n) is 13.0. The van der Waals surface area contributed by atoms with Gasteiger partial charge in [0.05, 0.1) is 6.61 Å². The Bertz CT molecular complexity index is 922. The SMILES string of the molecule is C#CCCOc1cc(=O)cc2oc3cc(N(C)C)ccc3nc1-2. The highest BCUT2D eigenvalue weighted by Crippen LogP contribution is 2.32. The maximum atomic E-state index is 11.8. The average Bonchev–Trinajstić information content (AvgIpc) is 2.52. The molecular weight excluding hydrogens is 292 g/mol. The molecule has 2 aliphatic rings. The average molecular weight is 308 g/mol. The van der Waals surface area contributed by atoms with Crippen LogP contribution in [0.15, 0.2) is 39.5 Å². The van der Waals surface area contributed by atoms with Gasteiger partial charge in [0.2, 0.25) is 0 Å². The standard InChI is InChI=1S/C18H16N2O3/c1-4-5-8-22-16-10-13(21)11-17-18(16)19-14-7-6-12(20(2)3)9-15(14)23-17/h1,6-7,9-11H,5,8H2,2-3H3. The van der Waals surface area contributed by atoms with E-state index in [0.717, 1.165) is 5.69 Å². The van der Waals surface area contributed by atoms with E-state index < -0.39 is 0 Å². The molecule has 0 spiro atoms. The monoisotopic (exact) mass is 308 g/mol. The summed E-state index contributed by atoms with van der Waals surface area (Å²) in [6.45, 7) is 0.328. The Morgan fingerprint density at radius 2 is 2.13 bits per heavy atom. The van der Waals surface area contributed by atoms with E-state index in [0.29, 0.717) is 41.3 Å². The van der Waals surface area contributed by atoms with Gasteiger partial charge in [0.1, 0.15) is 11.2 Å². The summed E-state index contributed by atoms with van der Waals surface area (Å²) in [5.41, 5.74) is 2.63. The molecule has 3 rings (SSSR count). The number of aromatic nitrogens is 1. The van der Waals surface area contributed by atoms with Gasteiger partial charge in [-0.2, -0.15) is 0 Å². The van der Waals surface area contributed by atoms with Crippen molar-refractivity contribution in [1.82, 2.24) is 4.98 Å². The molecule has 1 aromatic carbocycles. The van der Waals surface area contributed by atoms with Crippen molar-refractivity contribution in [3.05, 3.63) is 40.6 Å². The van der Waals surface area contributed by atoms with Crippen LogP contribution in [0.25, 0.3) is 22.6 Å². The molecule has 1 aromatic rings. The molecule has 0 saturated heterocycles. The fourth-order valence-electron chi connectivity index (χ4n) is 2.27. The number of rotatable bonds is 4. The number of hydrogen-bond acceptors (Lipinski definition) is 5. The summed E-state index contributed by atoms with van der Waals surface area (Å²) < 4.78 is 11.4. The minimum absolute atomic E-state index is 0.193. The van der Waals surface area contributed by atoms with E-state index in [1.165, 1.54) is 12.1 Å². The second-order valence-corrected chi connectivity index (χ2v) is 5.33. The van der Waals surface area contributed by atoms with Crippen LogP contribution >= 0.6 is 0 Å². The normalized spacial score (nSPS) is 10.7. The summed E-state index contributed by atoms with van der Waals surface area (Å²) in [5, 5.41) is 0. The number of anilines is 1. The molecule has 0 amide bonds. The van der Waals surface area contributed by atoms with Crippen molar-refractivity contribution in [2.24, 2.45) is 0 Å². The van der Waals surface area contributed by atoms with Crippen LogP contribution < -0.4 is 15.1 Å². The van der Waals surface area contributed by atoms with Gasteiger partial charge in [-0.15, -0.1) is 12.3 Å². The van der Waals surface area contributed by atoms with Gasteiger partial charge in [0, 0.05) is 44.4 Å². The second kappa shape index (κ2) is 6.01. The van der Waals surface area contributed by atoms with Gasteiger partial charge in [0.25, 0.3) is 0 Å². The van der Waals surface area contributed by atoms with Crippen LogP contribution in [-0.2, 0) is 0 Å². The number of terminal acetylenes is 1. The third kappa shape index (κ3) is 2.97. The lowest BCUT2D eigenvalue weighted by atomic mass is 10.2. The van der Waals surface area contributed by atoms with Crippen LogP contribution in [0.4, 0.5) is 5.69 Å². The van der Waals surface area contributed by atoms with Gasteiger partial charge in [-0.05, 0) is 12.1 Å². The van der Waals surface area contributed by atoms with E-state index in [2.05, 4.69) is 10.9 Å². The lowest BCUT2D eigenvalue weighted by Crippen LogP contribution is -2.09. The summed E-state index contributed by atoms with van der Waals surface area (Å²) >= 11 is 0. The lowest BCUT2D eigenvalue weighted by molar-refractivity contribution is 0.326.